The Labute approximate surface area is 130 Å². The zero-order chi connectivity index (χ0) is 16.4. The quantitative estimate of drug-likeness (QED) is 0.583. The Hall–Kier alpha value is -3.55. The molecule has 0 radical (unpaired) electrons. The summed E-state index contributed by atoms with van der Waals surface area (Å²) in [6.07, 6.45) is 0. The molecule has 1 aromatic heterocycles. The summed E-state index contributed by atoms with van der Waals surface area (Å²) >= 11 is 0. The van der Waals surface area contributed by atoms with E-state index in [-0.39, 0.29) is 11.5 Å². The lowest BCUT2D eigenvalue weighted by atomic mass is 10.2. The van der Waals surface area contributed by atoms with E-state index in [9.17, 15) is 14.9 Å². The zero-order valence-corrected chi connectivity index (χ0v) is 11.8. The van der Waals surface area contributed by atoms with E-state index in [1.807, 2.05) is 18.2 Å². The van der Waals surface area contributed by atoms with Gasteiger partial charge in [-0.05, 0) is 24.3 Å². The summed E-state index contributed by atoms with van der Waals surface area (Å²) in [4.78, 5) is 25.8. The molecule has 1 heterocycles. The zero-order valence-electron chi connectivity index (χ0n) is 11.8. The van der Waals surface area contributed by atoms with Gasteiger partial charge in [-0.3, -0.25) is 14.9 Å². The number of benzene rings is 2. The Bertz CT molecular complexity index is 872. The summed E-state index contributed by atoms with van der Waals surface area (Å²) in [5.41, 5.74) is 6.49. The third kappa shape index (κ3) is 2.77. The molecular formula is C15H11N5O3. The van der Waals surface area contributed by atoms with Crippen LogP contribution in [0.3, 0.4) is 0 Å². The average Bonchev–Trinajstić information content (AvgIpc) is 3.01. The molecule has 114 valence electrons. The van der Waals surface area contributed by atoms with Crippen molar-refractivity contribution in [3.63, 3.8) is 0 Å². The fraction of sp³-hybridized carbons (Fsp3) is 0. The third-order valence-electron chi connectivity index (χ3n) is 3.16. The number of nitro groups is 1. The summed E-state index contributed by atoms with van der Waals surface area (Å²) in [7, 11) is 0. The van der Waals surface area contributed by atoms with Gasteiger partial charge in [0.1, 0.15) is 0 Å². The molecule has 3 rings (SSSR count). The summed E-state index contributed by atoms with van der Waals surface area (Å²) in [6, 6.07) is 14.9. The number of hydrogen-bond acceptors (Lipinski definition) is 5. The highest BCUT2D eigenvalue weighted by molar-refractivity contribution is 5.89. The molecule has 0 saturated heterocycles. The number of nitrogens with two attached hydrogens (primary N) is 1. The Morgan fingerprint density at radius 2 is 1.74 bits per heavy atom. The topological polar surface area (TPSA) is 117 Å². The van der Waals surface area contributed by atoms with Crippen molar-refractivity contribution in [1.29, 1.82) is 0 Å². The first-order valence-corrected chi connectivity index (χ1v) is 6.63. The summed E-state index contributed by atoms with van der Waals surface area (Å²) < 4.78 is 1.47. The van der Waals surface area contributed by atoms with Crippen molar-refractivity contribution < 1.29 is 9.72 Å². The Morgan fingerprint density at radius 3 is 2.30 bits per heavy atom. The van der Waals surface area contributed by atoms with Crippen LogP contribution in [0.4, 0.5) is 5.69 Å². The highest BCUT2D eigenvalue weighted by Crippen LogP contribution is 2.23. The molecule has 0 bridgehead atoms. The molecule has 0 aliphatic rings. The van der Waals surface area contributed by atoms with Gasteiger partial charge in [0.2, 0.25) is 5.82 Å². The summed E-state index contributed by atoms with van der Waals surface area (Å²) in [5, 5.41) is 14.9. The Morgan fingerprint density at radius 1 is 1.09 bits per heavy atom. The van der Waals surface area contributed by atoms with E-state index in [1.165, 1.54) is 16.8 Å². The molecule has 0 unspecified atom stereocenters. The van der Waals surface area contributed by atoms with E-state index in [0.29, 0.717) is 17.1 Å². The maximum atomic E-state index is 11.4. The van der Waals surface area contributed by atoms with Crippen molar-refractivity contribution in [1.82, 2.24) is 14.8 Å². The normalized spacial score (nSPS) is 10.4. The lowest BCUT2D eigenvalue weighted by Crippen LogP contribution is -2.13. The molecule has 0 aliphatic carbocycles. The highest BCUT2D eigenvalue weighted by Gasteiger charge is 2.17. The molecule has 2 N–H and O–H groups in total. The molecule has 0 spiro atoms. The van der Waals surface area contributed by atoms with Gasteiger partial charge in [-0.15, -0.1) is 5.10 Å². The number of hydrogen-bond donors (Lipinski definition) is 1. The van der Waals surface area contributed by atoms with Gasteiger partial charge < -0.3 is 5.73 Å². The van der Waals surface area contributed by atoms with Gasteiger partial charge in [0.15, 0.2) is 5.82 Å². The number of carbonyl (C=O) groups is 1. The number of non-ortho nitro benzene ring substituents is 1. The number of primary amides is 1. The van der Waals surface area contributed by atoms with E-state index in [2.05, 4.69) is 10.1 Å². The first kappa shape index (κ1) is 14.4. The van der Waals surface area contributed by atoms with Gasteiger partial charge in [-0.1, -0.05) is 18.2 Å². The van der Waals surface area contributed by atoms with Crippen LogP contribution in [0, 0.1) is 10.1 Å². The van der Waals surface area contributed by atoms with Gasteiger partial charge >= 0.3 is 0 Å². The summed E-state index contributed by atoms with van der Waals surface area (Å²) in [6.45, 7) is 0. The van der Waals surface area contributed by atoms with E-state index < -0.39 is 10.8 Å². The second-order valence-electron chi connectivity index (χ2n) is 4.67. The van der Waals surface area contributed by atoms with Crippen LogP contribution in [0.2, 0.25) is 0 Å². The second kappa shape index (κ2) is 5.68. The predicted molar refractivity (Wildman–Crippen MR) is 82.0 cm³/mol. The number of carbonyl (C=O) groups excluding carboxylic acids is 1. The first-order valence-electron chi connectivity index (χ1n) is 6.63. The van der Waals surface area contributed by atoms with E-state index in [4.69, 9.17) is 5.73 Å². The van der Waals surface area contributed by atoms with Gasteiger partial charge in [-0.2, -0.15) is 0 Å². The largest absolute Gasteiger partial charge is 0.363 e. The standard InChI is InChI=1S/C15H11N5O3/c16-13(21)14-17-15(10-6-8-12(9-7-10)20(22)23)19(18-14)11-4-2-1-3-5-11/h1-9H,(H2,16,21). The number of rotatable bonds is 4. The van der Waals surface area contributed by atoms with Gasteiger partial charge in [0, 0.05) is 17.7 Å². The SMILES string of the molecule is NC(=O)c1nc(-c2ccc([N+](=O)[O-])cc2)n(-c2ccccc2)n1. The summed E-state index contributed by atoms with van der Waals surface area (Å²) in [5.74, 6) is -0.495. The molecule has 8 nitrogen and oxygen atoms in total. The third-order valence-corrected chi connectivity index (χ3v) is 3.16. The van der Waals surface area contributed by atoms with Crippen molar-refractivity contribution in [3.8, 4) is 17.1 Å². The molecule has 0 atom stereocenters. The Balaban J connectivity index is 2.14. The maximum absolute atomic E-state index is 11.4. The fourth-order valence-corrected chi connectivity index (χ4v) is 2.08. The smallest absolute Gasteiger partial charge is 0.288 e. The van der Waals surface area contributed by atoms with Crippen LogP contribution in [0.1, 0.15) is 10.6 Å². The number of amides is 1. The molecule has 0 saturated carbocycles. The van der Waals surface area contributed by atoms with Crippen LogP contribution in [0.5, 0.6) is 0 Å². The van der Waals surface area contributed by atoms with Gasteiger partial charge in [-0.25, -0.2) is 9.67 Å². The van der Waals surface area contributed by atoms with Crippen molar-refractivity contribution in [3.05, 3.63) is 70.5 Å². The predicted octanol–water partition coefficient (Wildman–Crippen LogP) is 1.94. The van der Waals surface area contributed by atoms with E-state index >= 15 is 0 Å². The van der Waals surface area contributed by atoms with Crippen LogP contribution in [-0.4, -0.2) is 25.6 Å². The molecule has 1 amide bonds. The molecule has 8 heteroatoms. The first-order chi connectivity index (χ1) is 11.1. The van der Waals surface area contributed by atoms with Crippen molar-refractivity contribution >= 4 is 11.6 Å². The number of nitrogens with zero attached hydrogens (tertiary/aromatic N) is 4. The molecule has 0 fully saturated rings. The maximum Gasteiger partial charge on any atom is 0.288 e. The molecule has 0 aliphatic heterocycles. The van der Waals surface area contributed by atoms with E-state index in [1.54, 1.807) is 24.3 Å². The average molecular weight is 309 g/mol. The second-order valence-corrected chi connectivity index (χ2v) is 4.67. The molecule has 23 heavy (non-hydrogen) atoms. The number of nitro benzene ring substituents is 1. The van der Waals surface area contributed by atoms with Crippen LogP contribution < -0.4 is 5.73 Å². The van der Waals surface area contributed by atoms with Crippen LogP contribution in [0.15, 0.2) is 54.6 Å². The lowest BCUT2D eigenvalue weighted by molar-refractivity contribution is -0.384. The van der Waals surface area contributed by atoms with Crippen molar-refractivity contribution in [2.45, 2.75) is 0 Å². The van der Waals surface area contributed by atoms with E-state index in [0.717, 1.165) is 0 Å². The molecule has 3 aromatic rings. The number of para-hydroxylation sites is 1. The molecule has 2 aromatic carbocycles. The van der Waals surface area contributed by atoms with Crippen molar-refractivity contribution in [2.75, 3.05) is 0 Å². The van der Waals surface area contributed by atoms with Gasteiger partial charge in [0.05, 0.1) is 10.6 Å². The minimum atomic E-state index is -0.747. The molecular weight excluding hydrogens is 298 g/mol. The van der Waals surface area contributed by atoms with Gasteiger partial charge in [0.25, 0.3) is 11.6 Å². The van der Waals surface area contributed by atoms with Crippen LogP contribution in [-0.2, 0) is 0 Å². The highest BCUT2D eigenvalue weighted by atomic mass is 16.6. The van der Waals surface area contributed by atoms with Crippen LogP contribution in [0.25, 0.3) is 17.1 Å². The van der Waals surface area contributed by atoms with Crippen molar-refractivity contribution in [2.24, 2.45) is 5.73 Å². The minimum absolute atomic E-state index is 0.0327. The number of aromatic nitrogens is 3. The Kier molecular flexibility index (Phi) is 3.55. The minimum Gasteiger partial charge on any atom is -0.363 e. The fourth-order valence-electron chi connectivity index (χ4n) is 2.08. The van der Waals surface area contributed by atoms with Crippen LogP contribution >= 0.6 is 0 Å². The lowest BCUT2D eigenvalue weighted by Gasteiger charge is -2.05. The monoisotopic (exact) mass is 309 g/mol.